The number of unbranched alkanes of at least 4 members (excludes halogenated alkanes) is 2. The molecule has 0 radical (unpaired) electrons. The quantitative estimate of drug-likeness (QED) is 0.310. The predicted octanol–water partition coefficient (Wildman–Crippen LogP) is -0.465. The first-order valence-corrected chi connectivity index (χ1v) is 12.4. The maximum absolute atomic E-state index is 13.6. The summed E-state index contributed by atoms with van der Waals surface area (Å²) in [6, 6.07) is -0.752. The van der Waals surface area contributed by atoms with Crippen LogP contribution in [-0.4, -0.2) is 110 Å². The lowest BCUT2D eigenvalue weighted by molar-refractivity contribution is -0.154. The Kier molecular flexibility index (Phi) is 7.88. The summed E-state index contributed by atoms with van der Waals surface area (Å²) in [7, 11) is 0. The highest BCUT2D eigenvalue weighted by molar-refractivity contribution is 5.98. The van der Waals surface area contributed by atoms with Gasteiger partial charge in [-0.3, -0.25) is 19.3 Å². The lowest BCUT2D eigenvalue weighted by Gasteiger charge is -2.34. The fourth-order valence-electron chi connectivity index (χ4n) is 6.03. The van der Waals surface area contributed by atoms with Crippen molar-refractivity contribution in [2.45, 2.75) is 56.8 Å². The molecule has 4 saturated heterocycles. The second-order valence-corrected chi connectivity index (χ2v) is 9.37. The number of aliphatic hydroxyl groups excluding tert-OH is 1. The molecule has 2 unspecified atom stereocenters. The topological polar surface area (TPSA) is 118 Å². The largest absolute Gasteiger partial charge is 0.466 e. The Balaban J connectivity index is 1.49. The molecule has 5 atom stereocenters. The molecule has 33 heavy (non-hydrogen) atoms. The van der Waals surface area contributed by atoms with Gasteiger partial charge in [0, 0.05) is 39.3 Å². The Hall–Kier alpha value is -1.75. The van der Waals surface area contributed by atoms with Gasteiger partial charge in [0.25, 0.3) is 0 Å². The zero-order valence-corrected chi connectivity index (χ0v) is 19.5. The Labute approximate surface area is 194 Å². The van der Waals surface area contributed by atoms with Crippen molar-refractivity contribution in [2.75, 3.05) is 59.2 Å². The number of hydrogen-bond donors (Lipinski definition) is 2. The van der Waals surface area contributed by atoms with Crippen molar-refractivity contribution in [2.24, 2.45) is 11.8 Å². The number of nitrogens with one attached hydrogen (secondary N) is 1. The molecule has 2 bridgehead atoms. The van der Waals surface area contributed by atoms with E-state index in [2.05, 4.69) is 10.2 Å². The minimum Gasteiger partial charge on any atom is -0.466 e. The average Bonchev–Trinajstić information content (AvgIpc) is 3.45. The number of nitrogens with zero attached hydrogens (tertiary/aromatic N) is 2. The lowest BCUT2D eigenvalue weighted by Crippen LogP contribution is -2.56. The molecule has 4 rings (SSSR count). The molecule has 4 heterocycles. The first-order valence-electron chi connectivity index (χ1n) is 12.4. The fourth-order valence-corrected chi connectivity index (χ4v) is 6.03. The number of fused-ring (bicyclic) bond motifs is 1. The molecular formula is C23H37N3O7. The third-order valence-corrected chi connectivity index (χ3v) is 7.50. The van der Waals surface area contributed by atoms with Gasteiger partial charge in [-0.2, -0.15) is 0 Å². The van der Waals surface area contributed by atoms with Crippen molar-refractivity contribution in [3.63, 3.8) is 0 Å². The molecule has 0 aromatic rings. The molecule has 4 fully saturated rings. The second kappa shape index (κ2) is 10.7. The van der Waals surface area contributed by atoms with Crippen LogP contribution in [0.25, 0.3) is 0 Å². The van der Waals surface area contributed by atoms with Crippen molar-refractivity contribution in [1.82, 2.24) is 15.1 Å². The molecule has 186 valence electrons. The standard InChI is InChI=1S/C23H37N3O7/c1-2-32-22(30)17-16-6-7-23(33-16)18(17)21(29)26(9-4-3-5-13-27)19(23)20(28)24-8-10-25-11-14-31-15-12-25/h16-19,27H,2-15H2,1H3,(H,24,28)/t16-,17+,18-,19?,23?/m0/s1. The van der Waals surface area contributed by atoms with Gasteiger partial charge in [-0.1, -0.05) is 0 Å². The Morgan fingerprint density at radius 3 is 2.73 bits per heavy atom. The van der Waals surface area contributed by atoms with Gasteiger partial charge >= 0.3 is 5.97 Å². The molecular weight excluding hydrogens is 430 g/mol. The smallest absolute Gasteiger partial charge is 0.312 e. The monoisotopic (exact) mass is 467 g/mol. The highest BCUT2D eigenvalue weighted by atomic mass is 16.6. The van der Waals surface area contributed by atoms with Gasteiger partial charge in [-0.25, -0.2) is 0 Å². The molecule has 1 spiro atoms. The molecule has 2 amide bonds. The number of carbonyl (C=O) groups excluding carboxylic acids is 3. The summed E-state index contributed by atoms with van der Waals surface area (Å²) in [5.41, 5.74) is -0.973. The maximum Gasteiger partial charge on any atom is 0.312 e. The molecule has 4 aliphatic rings. The molecule has 10 nitrogen and oxygen atoms in total. The van der Waals surface area contributed by atoms with Gasteiger partial charge in [-0.05, 0) is 39.0 Å². The average molecular weight is 468 g/mol. The van der Waals surface area contributed by atoms with Crippen LogP contribution in [0.1, 0.15) is 39.0 Å². The van der Waals surface area contributed by atoms with E-state index in [1.54, 1.807) is 11.8 Å². The van der Waals surface area contributed by atoms with Gasteiger partial charge in [-0.15, -0.1) is 0 Å². The van der Waals surface area contributed by atoms with E-state index in [-0.39, 0.29) is 31.1 Å². The number of aliphatic hydroxyl groups is 1. The number of morpholine rings is 1. The maximum atomic E-state index is 13.6. The normalized spacial score (nSPS) is 33.4. The van der Waals surface area contributed by atoms with Crippen LogP contribution < -0.4 is 5.32 Å². The SMILES string of the molecule is CCOC(=O)[C@@H]1[C@@H]2CCC3(O2)C(C(=O)NCCN2CCOCC2)N(CCCCCO)C(=O)[C@H]13. The summed E-state index contributed by atoms with van der Waals surface area (Å²) >= 11 is 0. The van der Waals surface area contributed by atoms with Gasteiger partial charge in [0.2, 0.25) is 11.8 Å². The second-order valence-electron chi connectivity index (χ2n) is 9.37. The van der Waals surface area contributed by atoms with Crippen LogP contribution in [0.4, 0.5) is 0 Å². The minimum absolute atomic E-state index is 0.0989. The Morgan fingerprint density at radius 2 is 2.00 bits per heavy atom. The summed E-state index contributed by atoms with van der Waals surface area (Å²) < 4.78 is 17.0. The third kappa shape index (κ3) is 4.62. The first kappa shape index (κ1) is 24.4. The summed E-state index contributed by atoms with van der Waals surface area (Å²) in [4.78, 5) is 43.7. The Bertz CT molecular complexity index is 729. The highest BCUT2D eigenvalue weighted by Crippen LogP contribution is 2.58. The summed E-state index contributed by atoms with van der Waals surface area (Å²) in [5.74, 6) is -2.14. The lowest BCUT2D eigenvalue weighted by atomic mass is 9.71. The van der Waals surface area contributed by atoms with E-state index in [0.717, 1.165) is 26.1 Å². The molecule has 0 aliphatic carbocycles. The minimum atomic E-state index is -0.973. The number of esters is 1. The van der Waals surface area contributed by atoms with Crippen LogP contribution in [0.3, 0.4) is 0 Å². The fraction of sp³-hybridized carbons (Fsp3) is 0.870. The molecule has 0 aromatic carbocycles. The summed E-state index contributed by atoms with van der Waals surface area (Å²) in [5, 5.41) is 12.1. The predicted molar refractivity (Wildman–Crippen MR) is 117 cm³/mol. The molecule has 0 aromatic heterocycles. The highest BCUT2D eigenvalue weighted by Gasteiger charge is 2.74. The summed E-state index contributed by atoms with van der Waals surface area (Å²) in [6.45, 7) is 6.76. The van der Waals surface area contributed by atoms with Crippen molar-refractivity contribution < 1.29 is 33.7 Å². The van der Waals surface area contributed by atoms with E-state index in [9.17, 15) is 14.4 Å². The van der Waals surface area contributed by atoms with Crippen molar-refractivity contribution in [1.29, 1.82) is 0 Å². The number of likely N-dealkylation sites (tertiary alicyclic amines) is 1. The van der Waals surface area contributed by atoms with E-state index in [1.165, 1.54) is 0 Å². The molecule has 2 N–H and O–H groups in total. The number of ether oxygens (including phenoxy) is 3. The number of carbonyl (C=O) groups is 3. The van der Waals surface area contributed by atoms with Crippen LogP contribution >= 0.6 is 0 Å². The van der Waals surface area contributed by atoms with Crippen LogP contribution in [0.5, 0.6) is 0 Å². The number of rotatable bonds is 11. The number of hydrogen-bond acceptors (Lipinski definition) is 8. The zero-order chi connectivity index (χ0) is 23.4. The van der Waals surface area contributed by atoms with Crippen LogP contribution in [-0.2, 0) is 28.6 Å². The molecule has 0 saturated carbocycles. The number of amides is 2. The van der Waals surface area contributed by atoms with Crippen molar-refractivity contribution >= 4 is 17.8 Å². The van der Waals surface area contributed by atoms with Crippen LogP contribution in [0.15, 0.2) is 0 Å². The van der Waals surface area contributed by atoms with E-state index >= 15 is 0 Å². The summed E-state index contributed by atoms with van der Waals surface area (Å²) in [6.07, 6.45) is 2.94. The van der Waals surface area contributed by atoms with E-state index < -0.39 is 29.4 Å². The van der Waals surface area contributed by atoms with Gasteiger partial charge in [0.15, 0.2) is 0 Å². The first-order chi connectivity index (χ1) is 16.0. The van der Waals surface area contributed by atoms with E-state index in [1.807, 2.05) is 0 Å². The zero-order valence-electron chi connectivity index (χ0n) is 19.5. The van der Waals surface area contributed by atoms with Crippen molar-refractivity contribution in [3.05, 3.63) is 0 Å². The van der Waals surface area contributed by atoms with E-state index in [0.29, 0.717) is 52.0 Å². The van der Waals surface area contributed by atoms with Gasteiger partial charge < -0.3 is 29.5 Å². The molecule has 10 heteroatoms. The van der Waals surface area contributed by atoms with Gasteiger partial charge in [0.05, 0.1) is 37.8 Å². The van der Waals surface area contributed by atoms with Crippen LogP contribution in [0, 0.1) is 11.8 Å². The van der Waals surface area contributed by atoms with Crippen LogP contribution in [0.2, 0.25) is 0 Å². The van der Waals surface area contributed by atoms with Gasteiger partial charge in [0.1, 0.15) is 11.6 Å². The third-order valence-electron chi connectivity index (χ3n) is 7.50. The van der Waals surface area contributed by atoms with E-state index in [4.69, 9.17) is 19.3 Å². The molecule has 4 aliphatic heterocycles. The Morgan fingerprint density at radius 1 is 1.21 bits per heavy atom. The van der Waals surface area contributed by atoms with Crippen molar-refractivity contribution in [3.8, 4) is 0 Å².